The molecule has 2 rings (SSSR count). The van der Waals surface area contributed by atoms with Crippen molar-refractivity contribution < 1.29 is 4.42 Å². The minimum absolute atomic E-state index is 0.950. The molecule has 0 spiro atoms. The Morgan fingerprint density at radius 2 is 1.85 bits per heavy atom. The molecule has 1 aromatic heterocycles. The third-order valence-corrected chi connectivity index (χ3v) is 2.09. The van der Waals surface area contributed by atoms with E-state index >= 15 is 0 Å². The lowest BCUT2D eigenvalue weighted by Crippen LogP contribution is -1.62. The van der Waals surface area contributed by atoms with E-state index in [0.29, 0.717) is 0 Å². The van der Waals surface area contributed by atoms with E-state index in [9.17, 15) is 0 Å². The zero-order chi connectivity index (χ0) is 9.84. The zero-order valence-corrected chi connectivity index (χ0v) is 9.68. The van der Waals surface area contributed by atoms with Crippen LogP contribution in [0.4, 0.5) is 0 Å². The van der Waals surface area contributed by atoms with Gasteiger partial charge in [-0.3, -0.25) is 0 Å². The summed E-state index contributed by atoms with van der Waals surface area (Å²) in [6.07, 6.45) is 0. The summed E-state index contributed by atoms with van der Waals surface area (Å²) < 4.78 is 6.49. The molecule has 70 valence electrons. The Kier molecular flexibility index (Phi) is 3.55. The lowest BCUT2D eigenvalue weighted by atomic mass is 10.2. The van der Waals surface area contributed by atoms with Crippen LogP contribution in [-0.2, 0) is 0 Å². The number of rotatable bonds is 0. The lowest BCUT2D eigenvalue weighted by Gasteiger charge is -1.87. The van der Waals surface area contributed by atoms with E-state index in [0.717, 1.165) is 21.2 Å². The van der Waals surface area contributed by atoms with E-state index < -0.39 is 0 Å². The number of fused-ring (bicyclic) bond motifs is 1. The van der Waals surface area contributed by atoms with Crippen LogP contribution in [0.1, 0.15) is 19.6 Å². The average molecular weight is 241 g/mol. The maximum absolute atomic E-state index is 5.40. The van der Waals surface area contributed by atoms with Crippen molar-refractivity contribution >= 4 is 26.9 Å². The molecule has 0 N–H and O–H groups in total. The van der Waals surface area contributed by atoms with Crippen LogP contribution in [0.3, 0.4) is 0 Å². The van der Waals surface area contributed by atoms with Crippen molar-refractivity contribution in [2.75, 3.05) is 0 Å². The fraction of sp³-hybridized carbons (Fsp3) is 0.273. The number of furan rings is 1. The molecular formula is C11H13BrO. The normalized spacial score (nSPS) is 9.54. The third-order valence-electron chi connectivity index (χ3n) is 1.60. The summed E-state index contributed by atoms with van der Waals surface area (Å²) in [7, 11) is 0. The highest BCUT2D eigenvalue weighted by atomic mass is 79.9. The van der Waals surface area contributed by atoms with Crippen molar-refractivity contribution in [3.8, 4) is 0 Å². The molecular weight excluding hydrogens is 228 g/mol. The van der Waals surface area contributed by atoms with Crippen molar-refractivity contribution in [3.05, 3.63) is 34.5 Å². The fourth-order valence-corrected chi connectivity index (χ4v) is 1.53. The highest BCUT2D eigenvalue weighted by molar-refractivity contribution is 9.10. The van der Waals surface area contributed by atoms with E-state index in [4.69, 9.17) is 4.42 Å². The largest absolute Gasteiger partial charge is 0.461 e. The number of benzene rings is 1. The van der Waals surface area contributed by atoms with Crippen LogP contribution >= 0.6 is 15.9 Å². The number of aryl methyl sites for hydroxylation is 1. The van der Waals surface area contributed by atoms with Gasteiger partial charge in [0.2, 0.25) is 0 Å². The standard InChI is InChI=1S/C9H7BrO.C2H6/c1-6-4-7-5-8(10)2-3-9(7)11-6;1-2/h2-5H,1H3;1-2H3. The molecule has 0 saturated carbocycles. The number of hydrogen-bond acceptors (Lipinski definition) is 1. The van der Waals surface area contributed by atoms with Crippen molar-refractivity contribution in [2.45, 2.75) is 20.8 Å². The summed E-state index contributed by atoms with van der Waals surface area (Å²) in [6, 6.07) is 8.02. The van der Waals surface area contributed by atoms with E-state index in [2.05, 4.69) is 15.9 Å². The van der Waals surface area contributed by atoms with Gasteiger partial charge in [0.25, 0.3) is 0 Å². The van der Waals surface area contributed by atoms with Gasteiger partial charge in [0, 0.05) is 9.86 Å². The molecule has 0 saturated heterocycles. The van der Waals surface area contributed by atoms with Gasteiger partial charge in [-0.1, -0.05) is 29.8 Å². The zero-order valence-electron chi connectivity index (χ0n) is 8.10. The van der Waals surface area contributed by atoms with Crippen LogP contribution in [-0.4, -0.2) is 0 Å². The Morgan fingerprint density at radius 3 is 2.54 bits per heavy atom. The maximum Gasteiger partial charge on any atom is 0.134 e. The summed E-state index contributed by atoms with van der Waals surface area (Å²) in [6.45, 7) is 5.95. The molecule has 13 heavy (non-hydrogen) atoms. The summed E-state index contributed by atoms with van der Waals surface area (Å²) in [5, 5.41) is 1.15. The van der Waals surface area contributed by atoms with Crippen LogP contribution in [0.15, 0.2) is 33.2 Å². The first-order valence-corrected chi connectivity index (χ1v) is 5.21. The van der Waals surface area contributed by atoms with Gasteiger partial charge in [-0.15, -0.1) is 0 Å². The van der Waals surface area contributed by atoms with Gasteiger partial charge in [0.1, 0.15) is 11.3 Å². The van der Waals surface area contributed by atoms with Gasteiger partial charge in [-0.05, 0) is 31.2 Å². The molecule has 0 bridgehead atoms. The van der Waals surface area contributed by atoms with Gasteiger partial charge in [-0.2, -0.15) is 0 Å². The van der Waals surface area contributed by atoms with Crippen LogP contribution in [0, 0.1) is 6.92 Å². The van der Waals surface area contributed by atoms with Crippen LogP contribution in [0.5, 0.6) is 0 Å². The second kappa shape index (κ2) is 4.47. The monoisotopic (exact) mass is 240 g/mol. The Balaban J connectivity index is 0.000000396. The molecule has 0 radical (unpaired) electrons. The summed E-state index contributed by atoms with van der Waals surface area (Å²) in [4.78, 5) is 0. The SMILES string of the molecule is CC.Cc1cc2cc(Br)ccc2o1. The molecule has 2 aromatic rings. The quantitative estimate of drug-likeness (QED) is 0.660. The molecule has 0 amide bonds. The van der Waals surface area contributed by atoms with Gasteiger partial charge >= 0.3 is 0 Å². The second-order valence-corrected chi connectivity index (χ2v) is 3.45. The van der Waals surface area contributed by atoms with Crippen molar-refractivity contribution in [3.63, 3.8) is 0 Å². The smallest absolute Gasteiger partial charge is 0.134 e. The van der Waals surface area contributed by atoms with Crippen LogP contribution in [0.25, 0.3) is 11.0 Å². The Labute approximate surface area is 86.9 Å². The predicted molar refractivity (Wildman–Crippen MR) is 60.0 cm³/mol. The predicted octanol–water partition coefficient (Wildman–Crippen LogP) is 4.53. The first kappa shape index (κ1) is 10.3. The molecule has 0 aliphatic rings. The molecule has 1 aromatic carbocycles. The molecule has 0 aliphatic carbocycles. The number of halogens is 1. The molecule has 1 nitrogen and oxygen atoms in total. The topological polar surface area (TPSA) is 13.1 Å². The summed E-state index contributed by atoms with van der Waals surface area (Å²) in [5.74, 6) is 0.957. The number of hydrogen-bond donors (Lipinski definition) is 0. The van der Waals surface area contributed by atoms with E-state index in [1.807, 2.05) is 45.0 Å². The van der Waals surface area contributed by atoms with E-state index in [-0.39, 0.29) is 0 Å². The fourth-order valence-electron chi connectivity index (χ4n) is 1.15. The van der Waals surface area contributed by atoms with E-state index in [1.54, 1.807) is 0 Å². The second-order valence-electron chi connectivity index (χ2n) is 2.54. The van der Waals surface area contributed by atoms with Crippen molar-refractivity contribution in [2.24, 2.45) is 0 Å². The van der Waals surface area contributed by atoms with Crippen molar-refractivity contribution in [1.29, 1.82) is 0 Å². The summed E-state index contributed by atoms with van der Waals surface area (Å²) in [5.41, 5.74) is 0.950. The first-order valence-electron chi connectivity index (χ1n) is 4.41. The summed E-state index contributed by atoms with van der Waals surface area (Å²) >= 11 is 3.40. The minimum Gasteiger partial charge on any atom is -0.461 e. The molecule has 0 aliphatic heterocycles. The maximum atomic E-state index is 5.40. The lowest BCUT2D eigenvalue weighted by molar-refractivity contribution is 0.578. The Bertz CT molecular complexity index is 390. The van der Waals surface area contributed by atoms with Gasteiger partial charge in [-0.25, -0.2) is 0 Å². The average Bonchev–Trinajstić information content (AvgIpc) is 2.48. The first-order chi connectivity index (χ1) is 6.25. The molecule has 0 fully saturated rings. The molecule has 1 heterocycles. The van der Waals surface area contributed by atoms with E-state index in [1.165, 1.54) is 0 Å². The van der Waals surface area contributed by atoms with Crippen LogP contribution in [0.2, 0.25) is 0 Å². The molecule has 2 heteroatoms. The highest BCUT2D eigenvalue weighted by Gasteiger charge is 1.98. The third kappa shape index (κ3) is 2.34. The van der Waals surface area contributed by atoms with Crippen LogP contribution < -0.4 is 0 Å². The molecule has 0 unspecified atom stereocenters. The Morgan fingerprint density at radius 1 is 1.15 bits per heavy atom. The molecule has 0 atom stereocenters. The highest BCUT2D eigenvalue weighted by Crippen LogP contribution is 2.22. The van der Waals surface area contributed by atoms with Gasteiger partial charge in [0.05, 0.1) is 0 Å². The van der Waals surface area contributed by atoms with Gasteiger partial charge < -0.3 is 4.42 Å². The minimum atomic E-state index is 0.950. The Hall–Kier alpha value is -0.760. The van der Waals surface area contributed by atoms with Gasteiger partial charge in [0.15, 0.2) is 0 Å². The van der Waals surface area contributed by atoms with Crippen molar-refractivity contribution in [1.82, 2.24) is 0 Å².